The molecule has 2 rings (SSSR count). The fourth-order valence-electron chi connectivity index (χ4n) is 3.09. The molecule has 30 heavy (non-hydrogen) atoms. The van der Waals surface area contributed by atoms with E-state index in [4.69, 9.17) is 27.9 Å². The molecule has 2 aromatic carbocycles. The molecule has 7 heteroatoms. The van der Waals surface area contributed by atoms with Gasteiger partial charge in [0, 0.05) is 28.2 Å². The van der Waals surface area contributed by atoms with Crippen LogP contribution in [-0.4, -0.2) is 35.4 Å². The number of nitrogens with zero attached hydrogens (tertiary/aromatic N) is 1. The van der Waals surface area contributed by atoms with Crippen molar-refractivity contribution in [3.8, 4) is 5.75 Å². The van der Waals surface area contributed by atoms with Gasteiger partial charge >= 0.3 is 0 Å². The van der Waals surface area contributed by atoms with E-state index >= 15 is 0 Å². The Morgan fingerprint density at radius 2 is 1.60 bits per heavy atom. The molecule has 0 saturated heterocycles. The van der Waals surface area contributed by atoms with E-state index in [1.54, 1.807) is 25.1 Å². The quantitative estimate of drug-likeness (QED) is 0.619. The monoisotopic (exact) mass is 450 g/mol. The van der Waals surface area contributed by atoms with Crippen LogP contribution >= 0.6 is 23.2 Å². The summed E-state index contributed by atoms with van der Waals surface area (Å²) in [6.45, 7) is 9.23. The molecule has 0 aliphatic carbocycles. The molecule has 2 amide bonds. The molecule has 0 saturated carbocycles. The number of hydrogen-bond acceptors (Lipinski definition) is 3. The highest BCUT2D eigenvalue weighted by Gasteiger charge is 2.28. The van der Waals surface area contributed by atoms with Crippen molar-refractivity contribution in [2.75, 3.05) is 6.61 Å². The first-order valence-corrected chi connectivity index (χ1v) is 10.6. The van der Waals surface area contributed by atoms with Crippen molar-refractivity contribution in [3.63, 3.8) is 0 Å². The predicted molar refractivity (Wildman–Crippen MR) is 121 cm³/mol. The maximum absolute atomic E-state index is 13.1. The van der Waals surface area contributed by atoms with Gasteiger partial charge in [-0.1, -0.05) is 35.3 Å². The lowest BCUT2D eigenvalue weighted by Crippen LogP contribution is -2.50. The lowest BCUT2D eigenvalue weighted by Gasteiger charge is -2.30. The van der Waals surface area contributed by atoms with Gasteiger partial charge in [0.2, 0.25) is 5.91 Å². The predicted octanol–water partition coefficient (Wildman–Crippen LogP) is 4.93. The Bertz CT molecular complexity index is 875. The third kappa shape index (κ3) is 6.64. The number of aryl methyl sites for hydroxylation is 2. The number of nitrogens with one attached hydrogen (secondary N) is 1. The van der Waals surface area contributed by atoms with Gasteiger partial charge in [0.25, 0.3) is 5.91 Å². The largest absolute Gasteiger partial charge is 0.484 e. The Morgan fingerprint density at radius 1 is 1.03 bits per heavy atom. The van der Waals surface area contributed by atoms with E-state index in [2.05, 4.69) is 5.32 Å². The van der Waals surface area contributed by atoms with Crippen LogP contribution in [0.4, 0.5) is 0 Å². The lowest BCUT2D eigenvalue weighted by atomic mass is 10.1. The molecule has 0 aromatic heterocycles. The minimum atomic E-state index is -0.727. The molecule has 1 unspecified atom stereocenters. The number of ether oxygens (including phenoxy) is 1. The summed E-state index contributed by atoms with van der Waals surface area (Å²) in [5.41, 5.74) is 2.67. The van der Waals surface area contributed by atoms with Crippen LogP contribution in [0, 0.1) is 13.8 Å². The van der Waals surface area contributed by atoms with Crippen LogP contribution in [0.1, 0.15) is 37.5 Å². The van der Waals surface area contributed by atoms with E-state index < -0.39 is 6.04 Å². The molecule has 2 aromatic rings. The highest BCUT2D eigenvalue weighted by atomic mass is 35.5. The average Bonchev–Trinajstić information content (AvgIpc) is 2.64. The van der Waals surface area contributed by atoms with E-state index in [-0.39, 0.29) is 31.0 Å². The number of amides is 2. The van der Waals surface area contributed by atoms with Gasteiger partial charge in [0.15, 0.2) is 6.61 Å². The second kappa shape index (κ2) is 10.7. The first kappa shape index (κ1) is 24.0. The Labute approximate surface area is 188 Å². The van der Waals surface area contributed by atoms with E-state index in [1.165, 1.54) is 4.90 Å². The second-order valence-electron chi connectivity index (χ2n) is 7.67. The fourth-order valence-corrected chi connectivity index (χ4v) is 3.60. The summed E-state index contributed by atoms with van der Waals surface area (Å²) in [4.78, 5) is 27.1. The van der Waals surface area contributed by atoms with E-state index in [9.17, 15) is 9.59 Å². The maximum atomic E-state index is 13.1. The number of carbonyl (C=O) groups excluding carboxylic acids is 2. The number of benzene rings is 2. The molecule has 0 radical (unpaired) electrons. The molecular formula is C23H28Cl2N2O3. The minimum Gasteiger partial charge on any atom is -0.484 e. The summed E-state index contributed by atoms with van der Waals surface area (Å²) in [6, 6.07) is 10.1. The Morgan fingerprint density at radius 3 is 2.13 bits per heavy atom. The summed E-state index contributed by atoms with van der Waals surface area (Å²) in [7, 11) is 0. The molecule has 0 fully saturated rings. The van der Waals surface area contributed by atoms with Crippen LogP contribution < -0.4 is 10.1 Å². The van der Waals surface area contributed by atoms with Gasteiger partial charge in [-0.3, -0.25) is 9.59 Å². The number of halogens is 2. The lowest BCUT2D eigenvalue weighted by molar-refractivity contribution is -0.142. The summed E-state index contributed by atoms with van der Waals surface area (Å²) in [6.07, 6.45) is 0. The van der Waals surface area contributed by atoms with Crippen LogP contribution in [0.25, 0.3) is 0 Å². The topological polar surface area (TPSA) is 58.6 Å². The van der Waals surface area contributed by atoms with Crippen LogP contribution in [0.3, 0.4) is 0 Å². The molecule has 0 aliphatic rings. The first-order chi connectivity index (χ1) is 14.1. The van der Waals surface area contributed by atoms with Gasteiger partial charge in [-0.25, -0.2) is 0 Å². The number of carbonyl (C=O) groups is 2. The first-order valence-electron chi connectivity index (χ1n) is 9.82. The van der Waals surface area contributed by atoms with Crippen LogP contribution in [0.5, 0.6) is 5.75 Å². The van der Waals surface area contributed by atoms with Crippen LogP contribution in [0.15, 0.2) is 36.4 Å². The van der Waals surface area contributed by atoms with Crippen molar-refractivity contribution in [1.29, 1.82) is 0 Å². The Hall–Kier alpha value is -2.24. The normalized spacial score (nSPS) is 11.9. The molecule has 162 valence electrons. The van der Waals surface area contributed by atoms with E-state index in [0.717, 1.165) is 11.1 Å². The van der Waals surface area contributed by atoms with Gasteiger partial charge in [0.1, 0.15) is 11.8 Å². The molecule has 1 N–H and O–H groups in total. The molecule has 0 heterocycles. The minimum absolute atomic E-state index is 0.0488. The molecule has 0 spiro atoms. The molecular weight excluding hydrogens is 423 g/mol. The summed E-state index contributed by atoms with van der Waals surface area (Å²) in [5.74, 6) is 0.0142. The second-order valence-corrected chi connectivity index (χ2v) is 8.49. The van der Waals surface area contributed by atoms with Crippen molar-refractivity contribution in [3.05, 3.63) is 63.1 Å². The number of hydrogen-bond donors (Lipinski definition) is 1. The zero-order valence-electron chi connectivity index (χ0n) is 18.0. The maximum Gasteiger partial charge on any atom is 0.261 e. The Kier molecular flexibility index (Phi) is 8.56. The van der Waals surface area contributed by atoms with Crippen LogP contribution in [0.2, 0.25) is 10.0 Å². The van der Waals surface area contributed by atoms with Gasteiger partial charge in [-0.05, 0) is 70.0 Å². The van der Waals surface area contributed by atoms with Crippen molar-refractivity contribution in [1.82, 2.24) is 10.2 Å². The van der Waals surface area contributed by atoms with E-state index in [1.807, 2.05) is 45.9 Å². The summed E-state index contributed by atoms with van der Waals surface area (Å²) in [5, 5.41) is 3.72. The zero-order valence-corrected chi connectivity index (χ0v) is 19.5. The van der Waals surface area contributed by atoms with Crippen molar-refractivity contribution < 1.29 is 14.3 Å². The van der Waals surface area contributed by atoms with Crippen molar-refractivity contribution in [2.24, 2.45) is 0 Å². The van der Waals surface area contributed by atoms with E-state index in [0.29, 0.717) is 21.4 Å². The van der Waals surface area contributed by atoms with Crippen LogP contribution in [-0.2, 0) is 16.1 Å². The van der Waals surface area contributed by atoms with Crippen molar-refractivity contribution >= 4 is 35.0 Å². The van der Waals surface area contributed by atoms with Crippen molar-refractivity contribution in [2.45, 2.75) is 53.2 Å². The molecule has 0 bridgehead atoms. The summed E-state index contributed by atoms with van der Waals surface area (Å²) < 4.78 is 5.73. The third-order valence-electron chi connectivity index (χ3n) is 4.55. The standard InChI is InChI=1S/C23H28Cl2N2O3/c1-14(2)26-23(29)17(5)27(12-19-20(24)7-6-8-21(19)25)22(28)13-30-18-10-15(3)9-16(4)11-18/h6-11,14,17H,12-13H2,1-5H3,(H,26,29). The van der Waals surface area contributed by atoms with Gasteiger partial charge in [-0.15, -0.1) is 0 Å². The molecule has 1 atom stereocenters. The average molecular weight is 451 g/mol. The zero-order chi connectivity index (χ0) is 22.4. The smallest absolute Gasteiger partial charge is 0.261 e. The van der Waals surface area contributed by atoms with Gasteiger partial charge in [-0.2, -0.15) is 0 Å². The highest BCUT2D eigenvalue weighted by molar-refractivity contribution is 6.36. The fraction of sp³-hybridized carbons (Fsp3) is 0.391. The van der Waals surface area contributed by atoms with Gasteiger partial charge in [0.05, 0.1) is 0 Å². The summed E-state index contributed by atoms with van der Waals surface area (Å²) >= 11 is 12.6. The molecule has 0 aliphatic heterocycles. The third-order valence-corrected chi connectivity index (χ3v) is 5.25. The van der Waals surface area contributed by atoms with Gasteiger partial charge < -0.3 is 15.0 Å². The number of rotatable bonds is 8. The Balaban J connectivity index is 2.24. The highest BCUT2D eigenvalue weighted by Crippen LogP contribution is 2.26. The SMILES string of the molecule is Cc1cc(C)cc(OCC(=O)N(Cc2c(Cl)cccc2Cl)C(C)C(=O)NC(C)C)c1. The molecule has 5 nitrogen and oxygen atoms in total.